The highest BCUT2D eigenvalue weighted by molar-refractivity contribution is 5.74. The highest BCUT2D eigenvalue weighted by atomic mass is 14.2. The van der Waals surface area contributed by atoms with Crippen LogP contribution in [0.2, 0.25) is 0 Å². The predicted octanol–water partition coefficient (Wildman–Crippen LogP) is 10.5. The second kappa shape index (κ2) is 12.2. The van der Waals surface area contributed by atoms with E-state index in [4.69, 9.17) is 0 Å². The van der Waals surface area contributed by atoms with Gasteiger partial charge in [-0.2, -0.15) is 0 Å². The zero-order valence-corrected chi connectivity index (χ0v) is 23.4. The van der Waals surface area contributed by atoms with E-state index < -0.39 is 0 Å². The molecule has 0 saturated carbocycles. The van der Waals surface area contributed by atoms with E-state index in [0.717, 1.165) is 6.42 Å². The molecule has 0 amide bonds. The van der Waals surface area contributed by atoms with Gasteiger partial charge in [0.05, 0.1) is 0 Å². The fraction of sp³-hybridized carbons (Fsp3) is 0.412. The van der Waals surface area contributed by atoms with Gasteiger partial charge in [0.1, 0.15) is 0 Å². The summed E-state index contributed by atoms with van der Waals surface area (Å²) in [5.41, 5.74) is 16.2. The van der Waals surface area contributed by atoms with Gasteiger partial charge >= 0.3 is 0 Å². The molecule has 0 aromatic heterocycles. The maximum atomic E-state index is 4.55. The smallest absolute Gasteiger partial charge is 0.00235 e. The van der Waals surface area contributed by atoms with E-state index in [0.29, 0.717) is 5.92 Å². The summed E-state index contributed by atoms with van der Waals surface area (Å²) in [6, 6.07) is 9.06. The van der Waals surface area contributed by atoms with E-state index in [1.165, 1.54) is 79.6 Å². The highest BCUT2D eigenvalue weighted by Crippen LogP contribution is 2.35. The Hall–Kier alpha value is -2.60. The van der Waals surface area contributed by atoms with Crippen molar-refractivity contribution in [3.8, 4) is 0 Å². The van der Waals surface area contributed by atoms with Gasteiger partial charge in [-0.3, -0.25) is 0 Å². The van der Waals surface area contributed by atoms with Crippen molar-refractivity contribution in [1.82, 2.24) is 0 Å². The molecule has 0 atom stereocenters. The van der Waals surface area contributed by atoms with Gasteiger partial charge in [0, 0.05) is 0 Å². The van der Waals surface area contributed by atoms with E-state index in [1.807, 2.05) is 0 Å². The second-order valence-corrected chi connectivity index (χ2v) is 10.1. The summed E-state index contributed by atoms with van der Waals surface area (Å²) in [5.74, 6) is 0.668. The second-order valence-electron chi connectivity index (χ2n) is 10.1. The average molecular weight is 455 g/mol. The molecule has 0 fully saturated rings. The van der Waals surface area contributed by atoms with Crippen molar-refractivity contribution in [1.29, 1.82) is 0 Å². The van der Waals surface area contributed by atoms with Crippen molar-refractivity contribution in [2.75, 3.05) is 0 Å². The minimum Gasteiger partial charge on any atom is -0.0949 e. The van der Waals surface area contributed by atoms with Crippen molar-refractivity contribution in [3.05, 3.63) is 104 Å². The van der Waals surface area contributed by atoms with Gasteiger partial charge in [-0.25, -0.2) is 0 Å². The first-order valence-electron chi connectivity index (χ1n) is 12.9. The fourth-order valence-electron chi connectivity index (χ4n) is 5.09. The summed E-state index contributed by atoms with van der Waals surface area (Å²) in [4.78, 5) is 0. The summed E-state index contributed by atoms with van der Waals surface area (Å²) in [6.07, 6.45) is 9.92. The van der Waals surface area contributed by atoms with Crippen LogP contribution in [0.25, 0.3) is 11.6 Å². The molecular formula is C34H46. The summed E-state index contributed by atoms with van der Waals surface area (Å²) >= 11 is 0. The molecule has 2 aromatic rings. The van der Waals surface area contributed by atoms with Gasteiger partial charge in [0.15, 0.2) is 0 Å². The largest absolute Gasteiger partial charge is 0.0949 e. The molecular weight excluding hydrogens is 408 g/mol. The molecule has 0 aliphatic heterocycles. The minimum atomic E-state index is 0.668. The van der Waals surface area contributed by atoms with Gasteiger partial charge in [0.2, 0.25) is 0 Å². The fourth-order valence-corrected chi connectivity index (χ4v) is 5.09. The molecule has 182 valence electrons. The quantitative estimate of drug-likeness (QED) is 0.330. The summed E-state index contributed by atoms with van der Waals surface area (Å²) in [6.45, 7) is 27.0. The zero-order valence-electron chi connectivity index (χ0n) is 23.4. The van der Waals surface area contributed by atoms with Crippen LogP contribution in [-0.2, 0) is 0 Å². The van der Waals surface area contributed by atoms with E-state index >= 15 is 0 Å². The molecule has 0 spiro atoms. The molecule has 0 N–H and O–H groups in total. The third-order valence-electron chi connectivity index (χ3n) is 7.85. The topological polar surface area (TPSA) is 0 Å². The third-order valence-corrected chi connectivity index (χ3v) is 7.85. The molecule has 0 heteroatoms. The lowest BCUT2D eigenvalue weighted by molar-refractivity contribution is 0.642. The van der Waals surface area contributed by atoms with Crippen molar-refractivity contribution in [3.63, 3.8) is 0 Å². The van der Waals surface area contributed by atoms with Gasteiger partial charge in [0.25, 0.3) is 0 Å². The molecule has 34 heavy (non-hydrogen) atoms. The van der Waals surface area contributed by atoms with Gasteiger partial charge in [-0.1, -0.05) is 68.5 Å². The summed E-state index contributed by atoms with van der Waals surface area (Å²) in [7, 11) is 0. The van der Waals surface area contributed by atoms with Crippen LogP contribution in [0.4, 0.5) is 0 Å². The van der Waals surface area contributed by atoms with E-state index in [2.05, 4.69) is 118 Å². The molecule has 0 aliphatic rings. The zero-order chi connectivity index (χ0) is 25.6. The molecule has 0 unspecified atom stereocenters. The van der Waals surface area contributed by atoms with Crippen LogP contribution in [-0.4, -0.2) is 0 Å². The van der Waals surface area contributed by atoms with Crippen LogP contribution in [0.5, 0.6) is 0 Å². The monoisotopic (exact) mass is 454 g/mol. The molecule has 2 rings (SSSR count). The Bertz CT molecular complexity index is 1080. The Morgan fingerprint density at radius 2 is 1.29 bits per heavy atom. The molecule has 2 aromatic carbocycles. The number of benzene rings is 2. The average Bonchev–Trinajstić information content (AvgIpc) is 2.81. The molecule has 0 nitrogen and oxygen atoms in total. The van der Waals surface area contributed by atoms with Crippen LogP contribution >= 0.6 is 0 Å². The molecule has 0 bridgehead atoms. The Kier molecular flexibility index (Phi) is 9.92. The Balaban J connectivity index is 2.25. The number of hydrogen-bond donors (Lipinski definition) is 0. The van der Waals surface area contributed by atoms with E-state index in [9.17, 15) is 0 Å². The minimum absolute atomic E-state index is 0.668. The van der Waals surface area contributed by atoms with E-state index in [1.54, 1.807) is 0 Å². The SMILES string of the molecule is C=C(CC(C(C)=CC=Cc1ccc(C(CC)CC)cc1)=C(C)C)c1c(C)c(C)c(C)c(C)c1C. The number of rotatable bonds is 9. The van der Waals surface area contributed by atoms with Crippen molar-refractivity contribution < 1.29 is 0 Å². The lowest BCUT2D eigenvalue weighted by Crippen LogP contribution is -2.03. The number of hydrogen-bond acceptors (Lipinski definition) is 0. The Morgan fingerprint density at radius 1 is 0.794 bits per heavy atom. The van der Waals surface area contributed by atoms with Crippen LogP contribution in [0.3, 0.4) is 0 Å². The van der Waals surface area contributed by atoms with Crippen LogP contribution in [0, 0.1) is 34.6 Å². The standard InChI is InChI=1S/C34H46/c1-12-31(13-2)32-19-17-30(18-20-32)16-14-15-23(5)33(22(3)4)21-24(6)34-28(10)26(8)25(7)27(9)29(34)11/h14-20,31H,6,12-13,21H2,1-5,7-11H3. The highest BCUT2D eigenvalue weighted by Gasteiger charge is 2.16. The van der Waals surface area contributed by atoms with Crippen LogP contribution < -0.4 is 0 Å². The van der Waals surface area contributed by atoms with Crippen molar-refractivity contribution >= 4 is 11.6 Å². The third kappa shape index (κ3) is 6.29. The molecule has 0 radical (unpaired) electrons. The first-order chi connectivity index (χ1) is 16.0. The Labute approximate surface area is 210 Å². The maximum absolute atomic E-state index is 4.55. The molecule has 0 aliphatic carbocycles. The van der Waals surface area contributed by atoms with Crippen molar-refractivity contribution in [2.45, 2.75) is 94.4 Å². The summed E-state index contributed by atoms with van der Waals surface area (Å²) < 4.78 is 0. The lowest BCUT2D eigenvalue weighted by Gasteiger charge is -2.22. The van der Waals surface area contributed by atoms with Crippen molar-refractivity contribution in [2.24, 2.45) is 0 Å². The number of allylic oxidation sites excluding steroid dienone is 6. The van der Waals surface area contributed by atoms with E-state index in [-0.39, 0.29) is 0 Å². The Morgan fingerprint density at radius 3 is 1.76 bits per heavy atom. The molecule has 0 heterocycles. The van der Waals surface area contributed by atoms with Gasteiger partial charge < -0.3 is 0 Å². The van der Waals surface area contributed by atoms with Crippen LogP contribution in [0.15, 0.2) is 59.7 Å². The van der Waals surface area contributed by atoms with Crippen LogP contribution in [0.1, 0.15) is 104 Å². The summed E-state index contributed by atoms with van der Waals surface area (Å²) in [5, 5.41) is 0. The first kappa shape index (κ1) is 27.6. The normalized spacial score (nSPS) is 12.0. The predicted molar refractivity (Wildman–Crippen MR) is 155 cm³/mol. The molecule has 0 saturated heterocycles. The van der Waals surface area contributed by atoms with Gasteiger partial charge in [-0.15, -0.1) is 0 Å². The maximum Gasteiger partial charge on any atom is -0.00235 e. The first-order valence-corrected chi connectivity index (χ1v) is 12.9. The van der Waals surface area contributed by atoms with Gasteiger partial charge in [-0.05, 0) is 142 Å². The lowest BCUT2D eigenvalue weighted by atomic mass is 9.83.